The quantitative estimate of drug-likeness (QED) is 0.382. The summed E-state index contributed by atoms with van der Waals surface area (Å²) in [7, 11) is 3.43. The molecule has 1 heterocycles. The monoisotopic (exact) mass is 370 g/mol. The van der Waals surface area contributed by atoms with Crippen LogP contribution < -0.4 is 15.4 Å². The Balaban J connectivity index is 1.81. The number of pyridine rings is 1. The van der Waals surface area contributed by atoms with Gasteiger partial charge in [-0.2, -0.15) is 0 Å². The summed E-state index contributed by atoms with van der Waals surface area (Å²) in [5.74, 6) is 1.39. The number of nitrogens with zero attached hydrogens (tertiary/aromatic N) is 2. The van der Waals surface area contributed by atoms with Crippen molar-refractivity contribution in [3.8, 4) is 5.88 Å². The lowest BCUT2D eigenvalue weighted by molar-refractivity contribution is 0.143. The van der Waals surface area contributed by atoms with E-state index in [4.69, 9.17) is 9.47 Å². The standard InChI is InChI=1S/C21H30N4O2/c1-17(11-12-18-8-5-4-6-9-18)25-21(22-2)24-16-19-10-7-13-23-20(19)27-15-14-26-3/h4-10,13,17H,11-12,14-16H2,1-3H3,(H2,22,24,25). The number of ether oxygens (including phenoxy) is 2. The second-order valence-corrected chi connectivity index (χ2v) is 6.30. The molecule has 0 saturated carbocycles. The van der Waals surface area contributed by atoms with Gasteiger partial charge in [-0.1, -0.05) is 36.4 Å². The van der Waals surface area contributed by atoms with Gasteiger partial charge in [0.05, 0.1) is 6.61 Å². The normalized spacial score (nSPS) is 12.5. The number of guanidine groups is 1. The van der Waals surface area contributed by atoms with E-state index in [2.05, 4.69) is 51.8 Å². The molecule has 0 aliphatic rings. The molecular weight excluding hydrogens is 340 g/mol. The number of aliphatic imine (C=N–C) groups is 1. The SMILES string of the molecule is CN=C(NCc1cccnc1OCCOC)NC(C)CCc1ccccc1. The fourth-order valence-electron chi connectivity index (χ4n) is 2.62. The van der Waals surface area contributed by atoms with Gasteiger partial charge in [-0.3, -0.25) is 4.99 Å². The molecule has 1 unspecified atom stereocenters. The zero-order valence-corrected chi connectivity index (χ0v) is 16.4. The molecule has 2 rings (SSSR count). The number of nitrogens with one attached hydrogen (secondary N) is 2. The molecule has 1 aromatic carbocycles. The third kappa shape index (κ3) is 7.66. The van der Waals surface area contributed by atoms with E-state index in [1.165, 1.54) is 5.56 Å². The van der Waals surface area contributed by atoms with Crippen molar-refractivity contribution in [3.63, 3.8) is 0 Å². The molecule has 0 spiro atoms. The van der Waals surface area contributed by atoms with Gasteiger partial charge >= 0.3 is 0 Å². The molecular formula is C21H30N4O2. The zero-order chi connectivity index (χ0) is 19.3. The Morgan fingerprint density at radius 1 is 1.15 bits per heavy atom. The van der Waals surface area contributed by atoms with Crippen LogP contribution in [0.25, 0.3) is 0 Å². The maximum absolute atomic E-state index is 5.68. The van der Waals surface area contributed by atoms with Crippen LogP contribution in [-0.4, -0.2) is 44.4 Å². The molecule has 6 nitrogen and oxygen atoms in total. The van der Waals surface area contributed by atoms with E-state index in [1.54, 1.807) is 20.4 Å². The Hall–Kier alpha value is -2.60. The minimum atomic E-state index is 0.308. The first-order valence-electron chi connectivity index (χ1n) is 9.29. The van der Waals surface area contributed by atoms with E-state index in [1.807, 2.05) is 18.2 Å². The van der Waals surface area contributed by atoms with Gasteiger partial charge in [0.15, 0.2) is 5.96 Å². The smallest absolute Gasteiger partial charge is 0.218 e. The summed E-state index contributed by atoms with van der Waals surface area (Å²) in [4.78, 5) is 8.62. The molecule has 6 heteroatoms. The Kier molecular flexibility index (Phi) is 9.13. The van der Waals surface area contributed by atoms with E-state index in [9.17, 15) is 0 Å². The minimum Gasteiger partial charge on any atom is -0.475 e. The summed E-state index contributed by atoms with van der Waals surface area (Å²) in [6.45, 7) is 3.76. The highest BCUT2D eigenvalue weighted by molar-refractivity contribution is 5.79. The first-order valence-corrected chi connectivity index (χ1v) is 9.29. The molecule has 1 atom stereocenters. The Morgan fingerprint density at radius 3 is 2.70 bits per heavy atom. The fraction of sp³-hybridized carbons (Fsp3) is 0.429. The average molecular weight is 370 g/mol. The molecule has 0 aliphatic carbocycles. The lowest BCUT2D eigenvalue weighted by Gasteiger charge is -2.18. The topological polar surface area (TPSA) is 67.8 Å². The largest absolute Gasteiger partial charge is 0.475 e. The van der Waals surface area contributed by atoms with Crippen LogP contribution in [0.5, 0.6) is 5.88 Å². The molecule has 0 radical (unpaired) electrons. The molecule has 27 heavy (non-hydrogen) atoms. The van der Waals surface area contributed by atoms with E-state index >= 15 is 0 Å². The molecule has 0 bridgehead atoms. The molecule has 2 aromatic rings. The van der Waals surface area contributed by atoms with Crippen LogP contribution in [0.3, 0.4) is 0 Å². The molecule has 146 valence electrons. The lowest BCUT2D eigenvalue weighted by atomic mass is 10.1. The van der Waals surface area contributed by atoms with Crippen molar-refractivity contribution in [1.29, 1.82) is 0 Å². The predicted molar refractivity (Wildman–Crippen MR) is 109 cm³/mol. The van der Waals surface area contributed by atoms with Crippen molar-refractivity contribution in [3.05, 3.63) is 59.8 Å². The van der Waals surface area contributed by atoms with Crippen molar-refractivity contribution >= 4 is 5.96 Å². The molecule has 0 fully saturated rings. The summed E-state index contributed by atoms with van der Waals surface area (Å²) >= 11 is 0. The number of benzene rings is 1. The highest BCUT2D eigenvalue weighted by atomic mass is 16.5. The van der Waals surface area contributed by atoms with Crippen LogP contribution in [0.1, 0.15) is 24.5 Å². The van der Waals surface area contributed by atoms with E-state index in [0.29, 0.717) is 31.7 Å². The van der Waals surface area contributed by atoms with Crippen molar-refractivity contribution < 1.29 is 9.47 Å². The van der Waals surface area contributed by atoms with Crippen molar-refractivity contribution in [2.75, 3.05) is 27.4 Å². The van der Waals surface area contributed by atoms with Gasteiger partial charge in [0, 0.05) is 38.5 Å². The summed E-state index contributed by atoms with van der Waals surface area (Å²) in [5.41, 5.74) is 2.33. The van der Waals surface area contributed by atoms with E-state index < -0.39 is 0 Å². The first-order chi connectivity index (χ1) is 13.2. The molecule has 0 amide bonds. The van der Waals surface area contributed by atoms with Gasteiger partial charge in [0.25, 0.3) is 0 Å². The number of methoxy groups -OCH3 is 1. The summed E-state index contributed by atoms with van der Waals surface area (Å²) < 4.78 is 10.7. The van der Waals surface area contributed by atoms with Crippen LogP contribution in [0.15, 0.2) is 53.7 Å². The highest BCUT2D eigenvalue weighted by Gasteiger charge is 2.08. The van der Waals surface area contributed by atoms with Gasteiger partial charge in [0.1, 0.15) is 6.61 Å². The summed E-state index contributed by atoms with van der Waals surface area (Å²) in [5, 5.41) is 6.77. The first kappa shape index (κ1) is 20.7. The number of hydrogen-bond donors (Lipinski definition) is 2. The van der Waals surface area contributed by atoms with Gasteiger partial charge in [0.2, 0.25) is 5.88 Å². The number of rotatable bonds is 10. The van der Waals surface area contributed by atoms with Gasteiger partial charge in [-0.25, -0.2) is 4.98 Å². The minimum absolute atomic E-state index is 0.308. The number of hydrogen-bond acceptors (Lipinski definition) is 4. The Morgan fingerprint density at radius 2 is 1.96 bits per heavy atom. The van der Waals surface area contributed by atoms with E-state index in [0.717, 1.165) is 24.4 Å². The molecule has 0 saturated heterocycles. The predicted octanol–water partition coefficient (Wildman–Crippen LogP) is 2.79. The molecule has 0 aliphatic heterocycles. The van der Waals surface area contributed by atoms with Crippen LogP contribution in [0.4, 0.5) is 0 Å². The van der Waals surface area contributed by atoms with Gasteiger partial charge < -0.3 is 20.1 Å². The summed E-state index contributed by atoms with van der Waals surface area (Å²) in [6.07, 6.45) is 3.79. The maximum Gasteiger partial charge on any atom is 0.218 e. The second-order valence-electron chi connectivity index (χ2n) is 6.30. The average Bonchev–Trinajstić information content (AvgIpc) is 2.71. The lowest BCUT2D eigenvalue weighted by Crippen LogP contribution is -2.42. The van der Waals surface area contributed by atoms with Crippen LogP contribution in [-0.2, 0) is 17.7 Å². The fourth-order valence-corrected chi connectivity index (χ4v) is 2.62. The second kappa shape index (κ2) is 11.9. The Bertz CT molecular complexity index is 692. The number of aryl methyl sites for hydroxylation is 1. The van der Waals surface area contributed by atoms with Crippen molar-refractivity contribution in [2.45, 2.75) is 32.4 Å². The van der Waals surface area contributed by atoms with Crippen molar-refractivity contribution in [1.82, 2.24) is 15.6 Å². The highest BCUT2D eigenvalue weighted by Crippen LogP contribution is 2.13. The Labute approximate surface area is 162 Å². The summed E-state index contributed by atoms with van der Waals surface area (Å²) in [6, 6.07) is 14.7. The van der Waals surface area contributed by atoms with Gasteiger partial charge in [-0.15, -0.1) is 0 Å². The van der Waals surface area contributed by atoms with Gasteiger partial charge in [-0.05, 0) is 31.4 Å². The molecule has 1 aromatic heterocycles. The third-order valence-corrected chi connectivity index (χ3v) is 4.14. The maximum atomic E-state index is 5.68. The van der Waals surface area contributed by atoms with E-state index in [-0.39, 0.29) is 0 Å². The van der Waals surface area contributed by atoms with Crippen LogP contribution in [0, 0.1) is 0 Å². The van der Waals surface area contributed by atoms with Crippen molar-refractivity contribution in [2.24, 2.45) is 4.99 Å². The zero-order valence-electron chi connectivity index (χ0n) is 16.4. The molecule has 2 N–H and O–H groups in total. The third-order valence-electron chi connectivity index (χ3n) is 4.14. The van der Waals surface area contributed by atoms with Crippen LogP contribution in [0.2, 0.25) is 0 Å². The number of aromatic nitrogens is 1. The van der Waals surface area contributed by atoms with Crippen LogP contribution >= 0.6 is 0 Å².